The number of amides is 1. The van der Waals surface area contributed by atoms with Crippen LogP contribution in [0.15, 0.2) is 29.4 Å². The fraction of sp³-hybridized carbons (Fsp3) is 0.400. The summed E-state index contributed by atoms with van der Waals surface area (Å²) in [5.74, 6) is 2.03. The number of carbonyl (C=O) groups excluding carboxylic acids is 1. The summed E-state index contributed by atoms with van der Waals surface area (Å²) in [5, 5.41) is 10.8. The van der Waals surface area contributed by atoms with Crippen LogP contribution in [0.25, 0.3) is 0 Å². The zero-order chi connectivity index (χ0) is 14.7. The monoisotopic (exact) mass is 302 g/mol. The average Bonchev–Trinajstić information content (AvgIpc) is 3.26. The van der Waals surface area contributed by atoms with Crippen LogP contribution in [0.1, 0.15) is 48.2 Å². The lowest BCUT2D eigenvalue weighted by atomic mass is 10.2. The van der Waals surface area contributed by atoms with E-state index in [9.17, 15) is 4.79 Å². The van der Waals surface area contributed by atoms with Crippen molar-refractivity contribution in [3.63, 3.8) is 0 Å². The molecule has 0 bridgehead atoms. The number of rotatable bonds is 6. The van der Waals surface area contributed by atoms with Crippen LogP contribution >= 0.6 is 11.8 Å². The van der Waals surface area contributed by atoms with Crippen molar-refractivity contribution in [2.75, 3.05) is 11.1 Å². The summed E-state index contributed by atoms with van der Waals surface area (Å²) < 4.78 is 0. The highest BCUT2D eigenvalue weighted by Gasteiger charge is 2.26. The molecule has 2 N–H and O–H groups in total. The Morgan fingerprint density at radius 3 is 3.14 bits per heavy atom. The SMILES string of the molecule is CCCSc1ncccc1C(=O)Nc1cc(C2CC2)n[nH]1. The number of pyridine rings is 1. The maximum Gasteiger partial charge on any atom is 0.259 e. The van der Waals surface area contributed by atoms with Crippen LogP contribution in [0, 0.1) is 0 Å². The lowest BCUT2D eigenvalue weighted by Gasteiger charge is -2.07. The number of carbonyl (C=O) groups is 1. The second kappa shape index (κ2) is 6.30. The highest BCUT2D eigenvalue weighted by atomic mass is 32.2. The van der Waals surface area contributed by atoms with Gasteiger partial charge in [-0.2, -0.15) is 5.10 Å². The molecule has 0 aromatic carbocycles. The molecule has 1 amide bonds. The number of hydrogen-bond donors (Lipinski definition) is 2. The standard InChI is InChI=1S/C15H18N4OS/c1-2-8-21-15-11(4-3-7-16-15)14(20)17-13-9-12(18-19-13)10-5-6-10/h3-4,7,9-10H,2,5-6,8H2,1H3,(H2,17,18,19,20). The number of nitrogens with zero attached hydrogens (tertiary/aromatic N) is 2. The molecule has 0 radical (unpaired) electrons. The highest BCUT2D eigenvalue weighted by molar-refractivity contribution is 7.99. The molecule has 1 saturated carbocycles. The molecule has 1 aliphatic rings. The van der Waals surface area contributed by atoms with Crippen LogP contribution in [0.4, 0.5) is 5.82 Å². The van der Waals surface area contributed by atoms with Crippen LogP contribution in [0.5, 0.6) is 0 Å². The molecule has 2 heterocycles. The van der Waals surface area contributed by atoms with Gasteiger partial charge in [0, 0.05) is 18.2 Å². The van der Waals surface area contributed by atoms with Gasteiger partial charge in [0.05, 0.1) is 11.3 Å². The van der Waals surface area contributed by atoms with Crippen molar-refractivity contribution in [1.29, 1.82) is 0 Å². The van der Waals surface area contributed by atoms with Crippen molar-refractivity contribution in [2.24, 2.45) is 0 Å². The minimum absolute atomic E-state index is 0.146. The number of thioether (sulfide) groups is 1. The van der Waals surface area contributed by atoms with Gasteiger partial charge in [0.25, 0.3) is 5.91 Å². The molecule has 0 atom stereocenters. The normalized spacial score (nSPS) is 14.1. The third kappa shape index (κ3) is 3.44. The Morgan fingerprint density at radius 2 is 2.38 bits per heavy atom. The minimum Gasteiger partial charge on any atom is -0.307 e. The number of nitrogens with one attached hydrogen (secondary N) is 2. The van der Waals surface area contributed by atoms with Crippen molar-refractivity contribution >= 4 is 23.5 Å². The van der Waals surface area contributed by atoms with Gasteiger partial charge in [0.2, 0.25) is 0 Å². The summed E-state index contributed by atoms with van der Waals surface area (Å²) in [6.07, 6.45) is 5.15. The lowest BCUT2D eigenvalue weighted by molar-refractivity contribution is 0.102. The van der Waals surface area contributed by atoms with Gasteiger partial charge in [-0.15, -0.1) is 11.8 Å². The Labute approximate surface area is 127 Å². The first-order valence-corrected chi connectivity index (χ1v) is 8.21. The van der Waals surface area contributed by atoms with Crippen molar-refractivity contribution in [1.82, 2.24) is 15.2 Å². The predicted octanol–water partition coefficient (Wildman–Crippen LogP) is 3.44. The molecule has 2 aromatic heterocycles. The van der Waals surface area contributed by atoms with Gasteiger partial charge in [0.15, 0.2) is 0 Å². The van der Waals surface area contributed by atoms with Crippen LogP contribution in [-0.2, 0) is 0 Å². The van der Waals surface area contributed by atoms with Crippen molar-refractivity contribution in [3.05, 3.63) is 35.7 Å². The number of aromatic amines is 1. The fourth-order valence-corrected chi connectivity index (χ4v) is 2.91. The summed E-state index contributed by atoms with van der Waals surface area (Å²) >= 11 is 1.61. The van der Waals surface area contributed by atoms with Gasteiger partial charge in [-0.3, -0.25) is 9.89 Å². The van der Waals surface area contributed by atoms with E-state index in [1.165, 1.54) is 12.8 Å². The smallest absolute Gasteiger partial charge is 0.259 e. The van der Waals surface area contributed by atoms with E-state index in [2.05, 4.69) is 27.4 Å². The van der Waals surface area contributed by atoms with Gasteiger partial charge >= 0.3 is 0 Å². The molecule has 6 heteroatoms. The van der Waals surface area contributed by atoms with E-state index in [-0.39, 0.29) is 5.91 Å². The lowest BCUT2D eigenvalue weighted by Crippen LogP contribution is -2.14. The molecule has 21 heavy (non-hydrogen) atoms. The maximum absolute atomic E-state index is 12.4. The minimum atomic E-state index is -0.146. The summed E-state index contributed by atoms with van der Waals surface area (Å²) in [4.78, 5) is 16.7. The summed E-state index contributed by atoms with van der Waals surface area (Å²) in [6, 6.07) is 5.51. The van der Waals surface area contributed by atoms with E-state index in [0.717, 1.165) is 22.9 Å². The van der Waals surface area contributed by atoms with Crippen LogP contribution in [0.2, 0.25) is 0 Å². The first-order chi connectivity index (χ1) is 10.3. The fourth-order valence-electron chi connectivity index (χ4n) is 2.06. The zero-order valence-electron chi connectivity index (χ0n) is 11.9. The van der Waals surface area contributed by atoms with Crippen molar-refractivity contribution < 1.29 is 4.79 Å². The Kier molecular flexibility index (Phi) is 4.24. The topological polar surface area (TPSA) is 70.7 Å². The molecule has 0 aliphatic heterocycles. The second-order valence-corrected chi connectivity index (χ2v) is 6.22. The van der Waals surface area contributed by atoms with Gasteiger partial charge < -0.3 is 5.32 Å². The summed E-state index contributed by atoms with van der Waals surface area (Å²) in [6.45, 7) is 2.11. The Hall–Kier alpha value is -1.82. The number of aromatic nitrogens is 3. The number of anilines is 1. The Morgan fingerprint density at radius 1 is 1.52 bits per heavy atom. The van der Waals surface area contributed by atoms with E-state index < -0.39 is 0 Å². The molecule has 1 fully saturated rings. The number of H-pyrrole nitrogens is 1. The molecule has 110 valence electrons. The van der Waals surface area contributed by atoms with E-state index in [4.69, 9.17) is 0 Å². The maximum atomic E-state index is 12.4. The largest absolute Gasteiger partial charge is 0.307 e. The highest BCUT2D eigenvalue weighted by Crippen LogP contribution is 2.39. The molecule has 0 spiro atoms. The molecule has 2 aromatic rings. The number of hydrogen-bond acceptors (Lipinski definition) is 4. The third-order valence-electron chi connectivity index (χ3n) is 3.30. The van der Waals surface area contributed by atoms with Crippen molar-refractivity contribution in [2.45, 2.75) is 37.1 Å². The summed E-state index contributed by atoms with van der Waals surface area (Å²) in [7, 11) is 0. The average molecular weight is 302 g/mol. The second-order valence-electron chi connectivity index (χ2n) is 5.14. The molecule has 5 nitrogen and oxygen atoms in total. The van der Waals surface area contributed by atoms with Crippen LogP contribution in [-0.4, -0.2) is 26.8 Å². The Bertz CT molecular complexity index is 636. The zero-order valence-corrected chi connectivity index (χ0v) is 12.7. The summed E-state index contributed by atoms with van der Waals surface area (Å²) in [5.41, 5.74) is 1.65. The van der Waals surface area contributed by atoms with Gasteiger partial charge in [0.1, 0.15) is 10.8 Å². The first kappa shape index (κ1) is 14.1. The third-order valence-corrected chi connectivity index (χ3v) is 4.51. The quantitative estimate of drug-likeness (QED) is 0.802. The Balaban J connectivity index is 1.71. The van der Waals surface area contributed by atoms with Crippen molar-refractivity contribution in [3.8, 4) is 0 Å². The molecular weight excluding hydrogens is 284 g/mol. The van der Waals surface area contributed by atoms with E-state index in [0.29, 0.717) is 17.3 Å². The van der Waals surface area contributed by atoms with Crippen LogP contribution in [0.3, 0.4) is 0 Å². The molecule has 0 saturated heterocycles. The first-order valence-electron chi connectivity index (χ1n) is 7.22. The van der Waals surface area contributed by atoms with Gasteiger partial charge in [-0.1, -0.05) is 6.92 Å². The van der Waals surface area contributed by atoms with Gasteiger partial charge in [-0.25, -0.2) is 4.98 Å². The van der Waals surface area contributed by atoms with Gasteiger partial charge in [-0.05, 0) is 37.1 Å². The van der Waals surface area contributed by atoms with E-state index >= 15 is 0 Å². The van der Waals surface area contributed by atoms with E-state index in [1.54, 1.807) is 30.1 Å². The molecular formula is C15H18N4OS. The van der Waals surface area contributed by atoms with Crippen LogP contribution < -0.4 is 5.32 Å². The molecule has 0 unspecified atom stereocenters. The molecule has 3 rings (SSSR count). The predicted molar refractivity (Wildman–Crippen MR) is 83.8 cm³/mol. The molecule has 1 aliphatic carbocycles. The van der Waals surface area contributed by atoms with E-state index in [1.807, 2.05) is 6.07 Å².